The number of carbonyl (C=O) groups excluding carboxylic acids is 1. The van der Waals surface area contributed by atoms with Gasteiger partial charge in [-0.3, -0.25) is 14.6 Å². The maximum atomic E-state index is 12.1. The predicted molar refractivity (Wildman–Crippen MR) is 189 cm³/mol. The van der Waals surface area contributed by atoms with Gasteiger partial charge in [-0.1, -0.05) is 27.7 Å². The lowest BCUT2D eigenvalue weighted by atomic mass is 9.46. The Balaban J connectivity index is 0.952. The minimum atomic E-state index is -1.15. The second-order valence-electron chi connectivity index (χ2n) is 20.2. The Morgan fingerprint density at radius 2 is 1.73 bits per heavy atom. The SMILES string of the molecule is CC(=O)O[C@@H](C1CC(C)C2C(CC3C4CCC5C(C)(C)[C@@H](OC6CN(C7CN(C(C)C)C7)CCO6)CCC56C[C@@]46CCC32C)O1)C(C)(C)O. The van der Waals surface area contributed by atoms with Gasteiger partial charge in [0.2, 0.25) is 0 Å². The normalized spacial score (nSPS) is 48.8. The van der Waals surface area contributed by atoms with Crippen molar-refractivity contribution in [1.29, 1.82) is 0 Å². The van der Waals surface area contributed by atoms with Crippen LogP contribution in [0.25, 0.3) is 0 Å². The van der Waals surface area contributed by atoms with E-state index in [1.807, 2.05) is 0 Å². The molecule has 49 heavy (non-hydrogen) atoms. The minimum Gasteiger partial charge on any atom is -0.457 e. The summed E-state index contributed by atoms with van der Waals surface area (Å²) in [5.74, 6) is 2.83. The van der Waals surface area contributed by atoms with Crippen molar-refractivity contribution in [3.63, 3.8) is 0 Å². The number of esters is 1. The zero-order valence-electron chi connectivity index (χ0n) is 32.2. The summed E-state index contributed by atoms with van der Waals surface area (Å²) in [7, 11) is 0. The monoisotopic (exact) mass is 685 g/mol. The van der Waals surface area contributed by atoms with Crippen molar-refractivity contribution in [3.8, 4) is 0 Å². The second kappa shape index (κ2) is 11.9. The molecule has 8 fully saturated rings. The maximum Gasteiger partial charge on any atom is 0.303 e. The molecule has 0 aromatic rings. The molecule has 10 unspecified atom stereocenters. The van der Waals surface area contributed by atoms with Crippen LogP contribution >= 0.6 is 0 Å². The highest BCUT2D eigenvalue weighted by molar-refractivity contribution is 5.66. The van der Waals surface area contributed by atoms with Gasteiger partial charge in [0.1, 0.15) is 0 Å². The molecule has 1 N–H and O–H groups in total. The van der Waals surface area contributed by atoms with E-state index in [0.717, 1.165) is 44.9 Å². The quantitative estimate of drug-likeness (QED) is 0.314. The van der Waals surface area contributed by atoms with E-state index in [0.29, 0.717) is 52.0 Å². The topological polar surface area (TPSA) is 80.7 Å². The number of nitrogens with zero attached hydrogens (tertiary/aromatic N) is 2. The van der Waals surface area contributed by atoms with E-state index >= 15 is 0 Å². The second-order valence-corrected chi connectivity index (χ2v) is 20.2. The van der Waals surface area contributed by atoms with Gasteiger partial charge in [-0.15, -0.1) is 0 Å². The van der Waals surface area contributed by atoms with Crippen LogP contribution < -0.4 is 0 Å². The van der Waals surface area contributed by atoms with Gasteiger partial charge < -0.3 is 24.1 Å². The van der Waals surface area contributed by atoms with Gasteiger partial charge in [0.15, 0.2) is 12.4 Å². The average Bonchev–Trinajstić information content (AvgIpc) is 3.55. The number of rotatable bonds is 7. The van der Waals surface area contributed by atoms with Gasteiger partial charge in [-0.25, -0.2) is 0 Å². The van der Waals surface area contributed by atoms with Gasteiger partial charge in [0.05, 0.1) is 30.5 Å². The van der Waals surface area contributed by atoms with Crippen LogP contribution in [0.3, 0.4) is 0 Å². The maximum absolute atomic E-state index is 12.1. The largest absolute Gasteiger partial charge is 0.457 e. The standard InChI is InChI=1S/C41H68N2O6/c1-24(2)43-20-27(21-43)42-16-17-46-34(22-42)49-33-12-13-41-23-40(41)15-14-39(9)29(28(40)10-11-32(41)37(33,5)6)19-30-35(39)25(3)18-31(48-30)36(38(7,8)45)47-26(4)44/h24-25,27-36,45H,10-23H2,1-9H3/t25?,28?,29?,30?,31?,32?,33-,34?,35?,36-,39?,40-,41?/m0/s1. The first-order valence-electron chi connectivity index (χ1n) is 20.3. The van der Waals surface area contributed by atoms with Crippen LogP contribution in [-0.2, 0) is 23.7 Å². The van der Waals surface area contributed by atoms with Crippen molar-refractivity contribution in [2.75, 3.05) is 32.8 Å². The third kappa shape index (κ3) is 5.36. The molecule has 0 aromatic heterocycles. The average molecular weight is 685 g/mol. The molecule has 13 atom stereocenters. The van der Waals surface area contributed by atoms with Crippen molar-refractivity contribution in [3.05, 3.63) is 0 Å². The Morgan fingerprint density at radius 1 is 0.980 bits per heavy atom. The first-order chi connectivity index (χ1) is 23.0. The van der Waals surface area contributed by atoms with Crippen molar-refractivity contribution in [1.82, 2.24) is 9.80 Å². The molecule has 8 rings (SSSR count). The number of likely N-dealkylation sites (tertiary alicyclic amines) is 1. The predicted octanol–water partition coefficient (Wildman–Crippen LogP) is 6.28. The molecule has 3 aliphatic heterocycles. The summed E-state index contributed by atoms with van der Waals surface area (Å²) in [6.45, 7) is 24.7. The zero-order valence-corrected chi connectivity index (χ0v) is 32.2. The van der Waals surface area contributed by atoms with E-state index in [1.54, 1.807) is 13.8 Å². The molecule has 8 nitrogen and oxygen atoms in total. The molecular formula is C41H68N2O6. The molecule has 5 saturated carbocycles. The number of aliphatic hydroxyl groups is 1. The van der Waals surface area contributed by atoms with E-state index in [1.165, 1.54) is 58.5 Å². The summed E-state index contributed by atoms with van der Waals surface area (Å²) in [6, 6.07) is 1.28. The van der Waals surface area contributed by atoms with Crippen LogP contribution in [0.15, 0.2) is 0 Å². The highest BCUT2D eigenvalue weighted by atomic mass is 16.7. The molecule has 8 aliphatic rings. The Labute approximate surface area is 296 Å². The van der Waals surface area contributed by atoms with E-state index in [2.05, 4.69) is 51.3 Å². The lowest BCUT2D eigenvalue weighted by Crippen LogP contribution is -2.64. The number of ether oxygens (including phenoxy) is 4. The minimum absolute atomic E-state index is 0.107. The molecule has 0 radical (unpaired) electrons. The first kappa shape index (κ1) is 35.3. The molecule has 278 valence electrons. The fourth-order valence-electron chi connectivity index (χ4n) is 14.5. The zero-order chi connectivity index (χ0) is 34.9. The Kier molecular flexibility index (Phi) is 8.54. The molecule has 8 heteroatoms. The summed E-state index contributed by atoms with van der Waals surface area (Å²) < 4.78 is 26.0. The van der Waals surface area contributed by atoms with E-state index < -0.39 is 11.7 Å². The molecule has 3 heterocycles. The highest BCUT2D eigenvalue weighted by Gasteiger charge is 2.81. The van der Waals surface area contributed by atoms with Gasteiger partial charge in [0.25, 0.3) is 0 Å². The van der Waals surface area contributed by atoms with Crippen molar-refractivity contribution in [2.45, 2.75) is 168 Å². The molecule has 5 aliphatic carbocycles. The molecular weight excluding hydrogens is 616 g/mol. The van der Waals surface area contributed by atoms with E-state index in [4.69, 9.17) is 18.9 Å². The van der Waals surface area contributed by atoms with Gasteiger partial charge in [-0.05, 0) is 137 Å². The number of hydrogen-bond acceptors (Lipinski definition) is 8. The van der Waals surface area contributed by atoms with Gasteiger partial charge in [0, 0.05) is 45.2 Å². The van der Waals surface area contributed by atoms with E-state index in [-0.39, 0.29) is 36.0 Å². The lowest BCUT2D eigenvalue weighted by Gasteiger charge is -2.60. The van der Waals surface area contributed by atoms with Crippen molar-refractivity contribution in [2.24, 2.45) is 51.2 Å². The molecule has 0 bridgehead atoms. The molecule has 2 spiro atoms. The summed E-state index contributed by atoms with van der Waals surface area (Å²) in [5.41, 5.74) is 0.235. The van der Waals surface area contributed by atoms with Crippen LogP contribution in [0.1, 0.15) is 120 Å². The van der Waals surface area contributed by atoms with Crippen LogP contribution in [0.4, 0.5) is 0 Å². The fourth-order valence-corrected chi connectivity index (χ4v) is 14.5. The van der Waals surface area contributed by atoms with Crippen LogP contribution in [0.5, 0.6) is 0 Å². The number of fused-ring (bicyclic) bond motifs is 4. The van der Waals surface area contributed by atoms with Crippen molar-refractivity contribution >= 4 is 5.97 Å². The molecule has 0 amide bonds. The number of morpholine rings is 1. The summed E-state index contributed by atoms with van der Waals surface area (Å²) in [4.78, 5) is 17.3. The van der Waals surface area contributed by atoms with Crippen molar-refractivity contribution < 1.29 is 28.8 Å². The third-order valence-electron chi connectivity index (χ3n) is 16.7. The fraction of sp³-hybridized carbons (Fsp3) is 0.976. The van der Waals surface area contributed by atoms with Gasteiger partial charge in [-0.2, -0.15) is 0 Å². The summed E-state index contributed by atoms with van der Waals surface area (Å²) in [6.07, 6.45) is 10.6. The van der Waals surface area contributed by atoms with Crippen LogP contribution in [0, 0.1) is 51.2 Å². The van der Waals surface area contributed by atoms with Crippen LogP contribution in [0.2, 0.25) is 0 Å². The summed E-state index contributed by atoms with van der Waals surface area (Å²) in [5, 5.41) is 11.0. The molecule has 0 aromatic carbocycles. The highest BCUT2D eigenvalue weighted by Crippen LogP contribution is 2.87. The smallest absolute Gasteiger partial charge is 0.303 e. The summed E-state index contributed by atoms with van der Waals surface area (Å²) >= 11 is 0. The van der Waals surface area contributed by atoms with Crippen LogP contribution in [-0.4, -0.2) is 102 Å². The van der Waals surface area contributed by atoms with E-state index in [9.17, 15) is 9.90 Å². The first-order valence-corrected chi connectivity index (χ1v) is 20.3. The van der Waals surface area contributed by atoms with Gasteiger partial charge >= 0.3 is 5.97 Å². The Bertz CT molecular complexity index is 1280. The third-order valence-corrected chi connectivity index (χ3v) is 16.7. The lowest BCUT2D eigenvalue weighted by molar-refractivity contribution is -0.250. The Hall–Kier alpha value is -0.770. The number of hydrogen-bond donors (Lipinski definition) is 1. The Morgan fingerprint density at radius 3 is 2.43 bits per heavy atom. The molecule has 3 saturated heterocycles. The number of carbonyl (C=O) groups is 1.